The summed E-state index contributed by atoms with van der Waals surface area (Å²) in [7, 11) is 2.01. The van der Waals surface area contributed by atoms with E-state index in [2.05, 4.69) is 49.2 Å². The number of hydrogen-bond acceptors (Lipinski definition) is 2. The summed E-state index contributed by atoms with van der Waals surface area (Å²) in [6.07, 6.45) is 2.31. The van der Waals surface area contributed by atoms with Gasteiger partial charge < -0.3 is 10.2 Å². The van der Waals surface area contributed by atoms with Crippen LogP contribution >= 0.6 is 0 Å². The van der Waals surface area contributed by atoms with E-state index in [4.69, 9.17) is 0 Å². The van der Waals surface area contributed by atoms with Gasteiger partial charge in [-0.25, -0.2) is 0 Å². The first kappa shape index (κ1) is 12.4. The molecule has 0 radical (unpaired) electrons. The Labute approximate surface area is 105 Å². The Balaban J connectivity index is 2.25. The molecule has 0 aliphatic carbocycles. The monoisotopic (exact) mass is 232 g/mol. The Hall–Kier alpha value is -1.02. The lowest BCUT2D eigenvalue weighted by molar-refractivity contribution is 0.605. The number of rotatable bonds is 4. The smallest absolute Gasteiger partial charge is 0.0407 e. The molecule has 2 heteroatoms. The molecule has 17 heavy (non-hydrogen) atoms. The van der Waals surface area contributed by atoms with Gasteiger partial charge in [0.2, 0.25) is 0 Å². The second kappa shape index (κ2) is 5.09. The predicted octanol–water partition coefficient (Wildman–Crippen LogP) is 2.61. The molecule has 1 heterocycles. The third-order valence-electron chi connectivity index (χ3n) is 3.64. The van der Waals surface area contributed by atoms with E-state index >= 15 is 0 Å². The van der Waals surface area contributed by atoms with Crippen molar-refractivity contribution in [3.05, 3.63) is 29.3 Å². The fourth-order valence-corrected chi connectivity index (χ4v) is 2.89. The summed E-state index contributed by atoms with van der Waals surface area (Å²) in [5, 5.41) is 3.21. The van der Waals surface area contributed by atoms with E-state index in [1.54, 1.807) is 0 Å². The molecule has 0 bridgehead atoms. The lowest BCUT2D eigenvalue weighted by Crippen LogP contribution is -2.35. The summed E-state index contributed by atoms with van der Waals surface area (Å²) in [6.45, 7) is 7.95. The zero-order chi connectivity index (χ0) is 12.4. The first-order valence-corrected chi connectivity index (χ1v) is 6.68. The first-order chi connectivity index (χ1) is 8.13. The van der Waals surface area contributed by atoms with E-state index in [0.717, 1.165) is 13.0 Å². The van der Waals surface area contributed by atoms with Crippen LogP contribution in [0.2, 0.25) is 0 Å². The Morgan fingerprint density at radius 1 is 1.41 bits per heavy atom. The van der Waals surface area contributed by atoms with Crippen molar-refractivity contribution in [2.45, 2.75) is 45.7 Å². The largest absolute Gasteiger partial charge is 0.366 e. The van der Waals surface area contributed by atoms with Crippen LogP contribution in [0.25, 0.3) is 0 Å². The van der Waals surface area contributed by atoms with Crippen molar-refractivity contribution < 1.29 is 0 Å². The molecule has 1 atom stereocenters. The van der Waals surface area contributed by atoms with Crippen molar-refractivity contribution in [2.75, 3.05) is 18.5 Å². The lowest BCUT2D eigenvalue weighted by atomic mass is 10.1. The molecule has 0 saturated carbocycles. The number of likely N-dealkylation sites (N-methyl/N-ethyl adjacent to an activating group) is 1. The van der Waals surface area contributed by atoms with Crippen molar-refractivity contribution >= 4 is 5.69 Å². The Morgan fingerprint density at radius 2 is 2.18 bits per heavy atom. The van der Waals surface area contributed by atoms with Crippen LogP contribution in [0.1, 0.15) is 31.9 Å². The number of anilines is 1. The molecule has 1 aromatic carbocycles. The van der Waals surface area contributed by atoms with Crippen LogP contribution in [0.5, 0.6) is 0 Å². The van der Waals surface area contributed by atoms with E-state index in [1.165, 1.54) is 23.2 Å². The molecule has 1 unspecified atom stereocenters. The molecular formula is C15H24N2. The molecular weight excluding hydrogens is 208 g/mol. The Bertz CT molecular complexity index is 385. The van der Waals surface area contributed by atoms with Crippen molar-refractivity contribution in [3.8, 4) is 0 Å². The Morgan fingerprint density at radius 3 is 2.82 bits per heavy atom. The normalized spacial score (nSPS) is 18.9. The van der Waals surface area contributed by atoms with Gasteiger partial charge in [-0.05, 0) is 64.4 Å². The molecule has 0 amide bonds. The molecule has 0 spiro atoms. The standard InChI is InChI=1S/C15H24N2/c1-11(2)17-12(3)9-14-6-5-13(7-8-16-4)10-15(14)17/h5-6,10-12,16H,7-9H2,1-4H3. The van der Waals surface area contributed by atoms with Crippen molar-refractivity contribution in [3.63, 3.8) is 0 Å². The molecule has 94 valence electrons. The summed E-state index contributed by atoms with van der Waals surface area (Å²) >= 11 is 0. The minimum Gasteiger partial charge on any atom is -0.366 e. The molecule has 1 aliphatic rings. The van der Waals surface area contributed by atoms with Crippen molar-refractivity contribution in [1.29, 1.82) is 0 Å². The first-order valence-electron chi connectivity index (χ1n) is 6.68. The van der Waals surface area contributed by atoms with Gasteiger partial charge in [0, 0.05) is 17.8 Å². The van der Waals surface area contributed by atoms with Crippen LogP contribution < -0.4 is 10.2 Å². The maximum absolute atomic E-state index is 3.21. The van der Waals surface area contributed by atoms with E-state index < -0.39 is 0 Å². The summed E-state index contributed by atoms with van der Waals surface area (Å²) in [5.74, 6) is 0. The predicted molar refractivity (Wildman–Crippen MR) is 74.9 cm³/mol. The van der Waals surface area contributed by atoms with Gasteiger partial charge in [0.25, 0.3) is 0 Å². The van der Waals surface area contributed by atoms with Crippen LogP contribution in [0.15, 0.2) is 18.2 Å². The summed E-state index contributed by atoms with van der Waals surface area (Å²) in [5.41, 5.74) is 4.42. The fraction of sp³-hybridized carbons (Fsp3) is 0.600. The second-order valence-corrected chi connectivity index (χ2v) is 5.37. The highest BCUT2D eigenvalue weighted by Gasteiger charge is 2.27. The SMILES string of the molecule is CNCCc1ccc2c(c1)N(C(C)C)C(C)C2. The van der Waals surface area contributed by atoms with Gasteiger partial charge in [-0.1, -0.05) is 12.1 Å². The Kier molecular flexibility index (Phi) is 3.72. The van der Waals surface area contributed by atoms with Gasteiger partial charge >= 0.3 is 0 Å². The zero-order valence-electron chi connectivity index (χ0n) is 11.5. The van der Waals surface area contributed by atoms with Crippen molar-refractivity contribution in [1.82, 2.24) is 5.32 Å². The number of hydrogen-bond donors (Lipinski definition) is 1. The van der Waals surface area contributed by atoms with E-state index in [9.17, 15) is 0 Å². The summed E-state index contributed by atoms with van der Waals surface area (Å²) in [4.78, 5) is 2.55. The average Bonchev–Trinajstić information content (AvgIpc) is 2.61. The second-order valence-electron chi connectivity index (χ2n) is 5.37. The fourth-order valence-electron chi connectivity index (χ4n) is 2.89. The molecule has 0 fully saturated rings. The average molecular weight is 232 g/mol. The summed E-state index contributed by atoms with van der Waals surface area (Å²) < 4.78 is 0. The van der Waals surface area contributed by atoms with Gasteiger partial charge in [-0.15, -0.1) is 0 Å². The van der Waals surface area contributed by atoms with Crippen LogP contribution in [0.3, 0.4) is 0 Å². The summed E-state index contributed by atoms with van der Waals surface area (Å²) in [6, 6.07) is 8.22. The lowest BCUT2D eigenvalue weighted by Gasteiger charge is -2.29. The quantitative estimate of drug-likeness (QED) is 0.858. The van der Waals surface area contributed by atoms with Gasteiger partial charge in [0.1, 0.15) is 0 Å². The highest BCUT2D eigenvalue weighted by molar-refractivity contribution is 5.61. The van der Waals surface area contributed by atoms with Gasteiger partial charge in [0.05, 0.1) is 0 Å². The van der Waals surface area contributed by atoms with Crippen molar-refractivity contribution in [2.24, 2.45) is 0 Å². The van der Waals surface area contributed by atoms with Crippen LogP contribution in [-0.2, 0) is 12.8 Å². The maximum Gasteiger partial charge on any atom is 0.0407 e. The van der Waals surface area contributed by atoms with E-state index in [-0.39, 0.29) is 0 Å². The van der Waals surface area contributed by atoms with Crippen LogP contribution in [-0.4, -0.2) is 25.7 Å². The van der Waals surface area contributed by atoms with Gasteiger partial charge in [0.15, 0.2) is 0 Å². The number of fused-ring (bicyclic) bond motifs is 1. The van der Waals surface area contributed by atoms with Gasteiger partial charge in [-0.3, -0.25) is 0 Å². The van der Waals surface area contributed by atoms with Crippen LogP contribution in [0, 0.1) is 0 Å². The maximum atomic E-state index is 3.21. The topological polar surface area (TPSA) is 15.3 Å². The third-order valence-corrected chi connectivity index (χ3v) is 3.64. The molecule has 1 aliphatic heterocycles. The highest BCUT2D eigenvalue weighted by atomic mass is 15.2. The highest BCUT2D eigenvalue weighted by Crippen LogP contribution is 2.34. The third kappa shape index (κ3) is 2.47. The number of nitrogens with zero attached hydrogens (tertiary/aromatic N) is 1. The zero-order valence-corrected chi connectivity index (χ0v) is 11.5. The molecule has 1 aromatic rings. The molecule has 2 rings (SSSR count). The minimum atomic E-state index is 0.589. The minimum absolute atomic E-state index is 0.589. The molecule has 0 saturated heterocycles. The molecule has 1 N–H and O–H groups in total. The van der Waals surface area contributed by atoms with E-state index in [1.807, 2.05) is 7.05 Å². The number of benzene rings is 1. The molecule has 0 aromatic heterocycles. The number of nitrogens with one attached hydrogen (secondary N) is 1. The van der Waals surface area contributed by atoms with Crippen LogP contribution in [0.4, 0.5) is 5.69 Å². The van der Waals surface area contributed by atoms with Gasteiger partial charge in [-0.2, -0.15) is 0 Å². The van der Waals surface area contributed by atoms with E-state index in [0.29, 0.717) is 12.1 Å². The molecule has 2 nitrogen and oxygen atoms in total.